The SMILES string of the molecule is COc1cc([C@H]2c3c(oc4ccc(C)cc4c3=O)C(=O)N2C[C@@H]2CCCO2)ccc1OCCC(C)C. The lowest BCUT2D eigenvalue weighted by molar-refractivity contribution is 0.0486. The number of benzene rings is 2. The van der Waals surface area contributed by atoms with Crippen molar-refractivity contribution in [3.8, 4) is 11.5 Å². The molecule has 2 aliphatic rings. The van der Waals surface area contributed by atoms with Gasteiger partial charge in [-0.25, -0.2) is 0 Å². The molecule has 0 N–H and O–H groups in total. The number of methoxy groups -OCH3 is 1. The van der Waals surface area contributed by atoms with Crippen molar-refractivity contribution < 1.29 is 23.4 Å². The lowest BCUT2D eigenvalue weighted by atomic mass is 9.97. The minimum atomic E-state index is -0.600. The summed E-state index contributed by atoms with van der Waals surface area (Å²) in [6.45, 7) is 7.88. The molecule has 0 unspecified atom stereocenters. The molecule has 0 bridgehead atoms. The molecular weight excluding hydrogens is 458 g/mol. The number of hydrogen-bond acceptors (Lipinski definition) is 6. The normalized spacial score (nSPS) is 19.4. The molecule has 5 rings (SSSR count). The second-order valence-corrected chi connectivity index (χ2v) is 10.1. The minimum absolute atomic E-state index is 0.0712. The number of amides is 1. The number of hydrogen-bond donors (Lipinski definition) is 0. The van der Waals surface area contributed by atoms with E-state index in [1.165, 1.54) is 0 Å². The highest BCUT2D eigenvalue weighted by molar-refractivity contribution is 5.99. The quantitative estimate of drug-likeness (QED) is 0.428. The third-order valence-corrected chi connectivity index (χ3v) is 7.00. The molecule has 3 heterocycles. The Kier molecular flexibility index (Phi) is 6.75. The number of rotatable bonds is 8. The number of aryl methyl sites for hydroxylation is 1. The van der Waals surface area contributed by atoms with E-state index in [-0.39, 0.29) is 23.2 Å². The number of carbonyl (C=O) groups is 1. The van der Waals surface area contributed by atoms with E-state index in [2.05, 4.69) is 13.8 Å². The Balaban J connectivity index is 1.60. The fraction of sp³-hybridized carbons (Fsp3) is 0.448. The van der Waals surface area contributed by atoms with Crippen molar-refractivity contribution in [3.05, 3.63) is 69.1 Å². The molecule has 0 radical (unpaired) electrons. The van der Waals surface area contributed by atoms with E-state index in [4.69, 9.17) is 18.6 Å². The van der Waals surface area contributed by atoms with E-state index >= 15 is 0 Å². The van der Waals surface area contributed by atoms with Crippen molar-refractivity contribution in [2.24, 2.45) is 5.92 Å². The van der Waals surface area contributed by atoms with E-state index in [0.29, 0.717) is 53.7 Å². The smallest absolute Gasteiger partial charge is 0.291 e. The van der Waals surface area contributed by atoms with Crippen molar-refractivity contribution in [2.75, 3.05) is 26.9 Å². The molecule has 190 valence electrons. The average Bonchev–Trinajstić information content (AvgIpc) is 3.47. The second-order valence-electron chi connectivity index (χ2n) is 10.1. The first kappa shape index (κ1) is 24.4. The molecule has 0 aliphatic carbocycles. The monoisotopic (exact) mass is 491 g/mol. The molecule has 1 aromatic heterocycles. The van der Waals surface area contributed by atoms with E-state index in [9.17, 15) is 9.59 Å². The third kappa shape index (κ3) is 4.48. The predicted molar refractivity (Wildman–Crippen MR) is 137 cm³/mol. The first-order valence-electron chi connectivity index (χ1n) is 12.7. The number of nitrogens with zero attached hydrogens (tertiary/aromatic N) is 1. The van der Waals surface area contributed by atoms with Crippen LogP contribution in [0.3, 0.4) is 0 Å². The Morgan fingerprint density at radius 1 is 1.11 bits per heavy atom. The standard InChI is InChI=1S/C29H33NO6/c1-17(2)11-13-35-23-10-8-19(15-24(23)33-4)26-25-27(31)21-14-18(3)7-9-22(21)36-28(25)29(32)30(26)16-20-6-5-12-34-20/h7-10,14-15,17,20,26H,5-6,11-13,16H2,1-4H3/t20-,26-/m0/s1. The minimum Gasteiger partial charge on any atom is -0.493 e. The molecule has 2 aromatic carbocycles. The van der Waals surface area contributed by atoms with Gasteiger partial charge >= 0.3 is 0 Å². The summed E-state index contributed by atoms with van der Waals surface area (Å²) in [6.07, 6.45) is 2.69. The first-order chi connectivity index (χ1) is 17.4. The number of ether oxygens (including phenoxy) is 3. The Labute approximate surface area is 210 Å². The van der Waals surface area contributed by atoms with Crippen molar-refractivity contribution in [3.63, 3.8) is 0 Å². The summed E-state index contributed by atoms with van der Waals surface area (Å²) in [6, 6.07) is 10.5. The summed E-state index contributed by atoms with van der Waals surface area (Å²) in [7, 11) is 1.59. The maximum Gasteiger partial charge on any atom is 0.291 e. The summed E-state index contributed by atoms with van der Waals surface area (Å²) >= 11 is 0. The van der Waals surface area contributed by atoms with Gasteiger partial charge in [0.1, 0.15) is 5.58 Å². The predicted octanol–water partition coefficient (Wildman–Crippen LogP) is 5.26. The summed E-state index contributed by atoms with van der Waals surface area (Å²) in [4.78, 5) is 29.1. The van der Waals surface area contributed by atoms with Gasteiger partial charge in [-0.2, -0.15) is 0 Å². The largest absolute Gasteiger partial charge is 0.493 e. The van der Waals surface area contributed by atoms with Gasteiger partial charge in [-0.3, -0.25) is 9.59 Å². The molecule has 1 fully saturated rings. The first-order valence-corrected chi connectivity index (χ1v) is 12.7. The van der Waals surface area contributed by atoms with Crippen LogP contribution in [0.5, 0.6) is 11.5 Å². The van der Waals surface area contributed by atoms with Gasteiger partial charge in [0.05, 0.1) is 36.8 Å². The Morgan fingerprint density at radius 2 is 1.94 bits per heavy atom. The summed E-state index contributed by atoms with van der Waals surface area (Å²) in [5, 5.41) is 0.478. The van der Waals surface area contributed by atoms with Crippen molar-refractivity contribution in [1.29, 1.82) is 0 Å². The maximum absolute atomic E-state index is 13.8. The lowest BCUT2D eigenvalue weighted by Crippen LogP contribution is -2.36. The van der Waals surface area contributed by atoms with Gasteiger partial charge in [-0.1, -0.05) is 31.5 Å². The molecule has 0 spiro atoms. The van der Waals surface area contributed by atoms with E-state index in [1.807, 2.05) is 37.3 Å². The second kappa shape index (κ2) is 9.97. The Hall–Kier alpha value is -3.32. The van der Waals surface area contributed by atoms with Crippen LogP contribution in [0.25, 0.3) is 11.0 Å². The van der Waals surface area contributed by atoms with Gasteiger partial charge in [0, 0.05) is 13.2 Å². The van der Waals surface area contributed by atoms with Crippen LogP contribution in [0.1, 0.15) is 66.4 Å². The lowest BCUT2D eigenvalue weighted by Gasteiger charge is -2.28. The zero-order chi connectivity index (χ0) is 25.4. The van der Waals surface area contributed by atoms with Crippen LogP contribution in [0.2, 0.25) is 0 Å². The van der Waals surface area contributed by atoms with Crippen LogP contribution in [-0.2, 0) is 4.74 Å². The molecule has 3 aromatic rings. The molecule has 7 heteroatoms. The number of carbonyl (C=O) groups excluding carboxylic acids is 1. The van der Waals surface area contributed by atoms with Crippen LogP contribution < -0.4 is 14.9 Å². The Morgan fingerprint density at radius 3 is 2.67 bits per heavy atom. The van der Waals surface area contributed by atoms with E-state index in [0.717, 1.165) is 30.4 Å². The molecule has 2 atom stereocenters. The van der Waals surface area contributed by atoms with Crippen molar-refractivity contribution >= 4 is 16.9 Å². The van der Waals surface area contributed by atoms with Crippen LogP contribution in [0.4, 0.5) is 0 Å². The summed E-state index contributed by atoms with van der Waals surface area (Å²) < 4.78 is 23.5. The van der Waals surface area contributed by atoms with Gasteiger partial charge in [0.15, 0.2) is 16.9 Å². The van der Waals surface area contributed by atoms with Crippen LogP contribution in [0.15, 0.2) is 45.6 Å². The molecule has 1 amide bonds. The maximum atomic E-state index is 13.8. The highest BCUT2D eigenvalue weighted by Crippen LogP contribution is 2.41. The van der Waals surface area contributed by atoms with Gasteiger partial charge in [-0.05, 0) is 61.9 Å². The highest BCUT2D eigenvalue weighted by Gasteiger charge is 2.44. The highest BCUT2D eigenvalue weighted by atomic mass is 16.5. The molecule has 0 saturated carbocycles. The van der Waals surface area contributed by atoms with Gasteiger partial charge < -0.3 is 23.5 Å². The van der Waals surface area contributed by atoms with E-state index < -0.39 is 6.04 Å². The zero-order valence-corrected chi connectivity index (χ0v) is 21.3. The van der Waals surface area contributed by atoms with Crippen LogP contribution in [0, 0.1) is 12.8 Å². The Bertz CT molecular complexity index is 1340. The zero-order valence-electron chi connectivity index (χ0n) is 21.3. The number of fused-ring (bicyclic) bond motifs is 2. The summed E-state index contributed by atoms with van der Waals surface area (Å²) in [5.74, 6) is 1.55. The van der Waals surface area contributed by atoms with Gasteiger partial charge in [0.25, 0.3) is 5.91 Å². The fourth-order valence-corrected chi connectivity index (χ4v) is 5.05. The molecule has 1 saturated heterocycles. The molecule has 2 aliphatic heterocycles. The van der Waals surface area contributed by atoms with E-state index in [1.54, 1.807) is 18.1 Å². The molecule has 36 heavy (non-hydrogen) atoms. The third-order valence-electron chi connectivity index (χ3n) is 7.00. The van der Waals surface area contributed by atoms with Crippen molar-refractivity contribution in [1.82, 2.24) is 4.90 Å². The van der Waals surface area contributed by atoms with Crippen molar-refractivity contribution in [2.45, 2.75) is 52.2 Å². The molecule has 7 nitrogen and oxygen atoms in total. The van der Waals surface area contributed by atoms with Gasteiger partial charge in [-0.15, -0.1) is 0 Å². The molecular formula is C29H33NO6. The average molecular weight is 492 g/mol. The van der Waals surface area contributed by atoms with Gasteiger partial charge in [0.2, 0.25) is 5.76 Å². The topological polar surface area (TPSA) is 78.2 Å². The van der Waals surface area contributed by atoms with Crippen LogP contribution in [-0.4, -0.2) is 43.8 Å². The summed E-state index contributed by atoms with van der Waals surface area (Å²) in [5.41, 5.74) is 2.33. The van der Waals surface area contributed by atoms with Crippen LogP contribution >= 0.6 is 0 Å². The fourth-order valence-electron chi connectivity index (χ4n) is 5.05.